The summed E-state index contributed by atoms with van der Waals surface area (Å²) >= 11 is 0.707. The molecule has 5 N–H and O–H groups in total. The lowest BCUT2D eigenvalue weighted by Crippen LogP contribution is -2.45. The Kier molecular flexibility index (Phi) is 8.17. The summed E-state index contributed by atoms with van der Waals surface area (Å²) in [5.74, 6) is -0.582. The number of ether oxygens (including phenoxy) is 3. The zero-order valence-corrected chi connectivity index (χ0v) is 22.0. The van der Waals surface area contributed by atoms with E-state index in [0.717, 1.165) is 12.8 Å². The molecule has 0 radical (unpaired) electrons. The Bertz CT molecular complexity index is 1310. The monoisotopic (exact) mass is 543 g/mol. The van der Waals surface area contributed by atoms with Crippen molar-refractivity contribution in [1.82, 2.24) is 9.69 Å². The van der Waals surface area contributed by atoms with E-state index in [1.807, 2.05) is 0 Å². The number of rotatable bonds is 10. The molecule has 1 fully saturated rings. The maximum atomic E-state index is 14.1. The van der Waals surface area contributed by atoms with Crippen LogP contribution in [0.4, 0.5) is 11.4 Å². The van der Waals surface area contributed by atoms with Crippen LogP contribution in [0.3, 0.4) is 0 Å². The molecular formula is C25H29N5O7S. The highest BCUT2D eigenvalue weighted by Gasteiger charge is 2.38. The number of anilines is 2. The fraction of sp³-hybridized carbons (Fsp3) is 0.360. The van der Waals surface area contributed by atoms with Gasteiger partial charge in [-0.2, -0.15) is 4.37 Å². The van der Waals surface area contributed by atoms with Crippen molar-refractivity contribution in [2.24, 2.45) is 5.73 Å². The van der Waals surface area contributed by atoms with Crippen molar-refractivity contribution < 1.29 is 33.0 Å². The summed E-state index contributed by atoms with van der Waals surface area (Å²) < 4.78 is 26.2. The van der Waals surface area contributed by atoms with Gasteiger partial charge in [0.05, 0.1) is 31.7 Å². The van der Waals surface area contributed by atoms with Crippen LogP contribution >= 0.6 is 11.5 Å². The van der Waals surface area contributed by atoms with Crippen molar-refractivity contribution in [3.8, 4) is 11.5 Å². The number of benzene rings is 1. The van der Waals surface area contributed by atoms with Gasteiger partial charge >= 0.3 is 0 Å². The number of nitrogen functional groups attached to an aromatic ring is 1. The average molecular weight is 544 g/mol. The summed E-state index contributed by atoms with van der Waals surface area (Å²) in [6.45, 7) is 2.61. The number of primary amides is 1. The molecule has 3 amide bonds. The van der Waals surface area contributed by atoms with Gasteiger partial charge in [-0.25, -0.2) is 0 Å². The first-order valence-electron chi connectivity index (χ1n) is 11.8. The lowest BCUT2D eigenvalue weighted by atomic mass is 10.1. The quantitative estimate of drug-likeness (QED) is 0.347. The summed E-state index contributed by atoms with van der Waals surface area (Å²) in [6, 6.07) is 6.81. The zero-order valence-electron chi connectivity index (χ0n) is 21.2. The molecule has 1 aromatic carbocycles. The van der Waals surface area contributed by atoms with Crippen LogP contribution in [0.2, 0.25) is 0 Å². The van der Waals surface area contributed by atoms with Crippen LogP contribution in [-0.2, 0) is 9.53 Å². The van der Waals surface area contributed by atoms with Crippen LogP contribution in [-0.4, -0.2) is 55.6 Å². The topological polar surface area (TPSA) is 172 Å². The highest BCUT2D eigenvalue weighted by Crippen LogP contribution is 2.37. The Morgan fingerprint density at radius 2 is 1.92 bits per heavy atom. The molecule has 3 heterocycles. The second-order valence-corrected chi connectivity index (χ2v) is 9.39. The number of carbonyl (C=O) groups excluding carboxylic acids is 3. The highest BCUT2D eigenvalue weighted by molar-refractivity contribution is 7.09. The molecule has 0 bridgehead atoms. The van der Waals surface area contributed by atoms with E-state index in [4.69, 9.17) is 30.1 Å². The van der Waals surface area contributed by atoms with Gasteiger partial charge in [-0.3, -0.25) is 19.3 Å². The number of aromatic nitrogens is 1. The molecule has 12 nitrogen and oxygen atoms in total. The Balaban J connectivity index is 1.85. The molecule has 0 unspecified atom stereocenters. The lowest BCUT2D eigenvalue weighted by molar-refractivity contribution is -0.123. The van der Waals surface area contributed by atoms with Gasteiger partial charge in [-0.1, -0.05) is 0 Å². The summed E-state index contributed by atoms with van der Waals surface area (Å²) in [4.78, 5) is 40.8. The van der Waals surface area contributed by atoms with Gasteiger partial charge in [-0.15, -0.1) is 0 Å². The minimum Gasteiger partial charge on any atom is -0.497 e. The Morgan fingerprint density at radius 3 is 2.45 bits per heavy atom. The largest absolute Gasteiger partial charge is 0.497 e. The predicted molar refractivity (Wildman–Crippen MR) is 140 cm³/mol. The second kappa shape index (κ2) is 11.5. The van der Waals surface area contributed by atoms with Gasteiger partial charge < -0.3 is 35.4 Å². The molecule has 38 heavy (non-hydrogen) atoms. The molecule has 0 spiro atoms. The third kappa shape index (κ3) is 5.58. The molecule has 1 aliphatic rings. The fourth-order valence-electron chi connectivity index (χ4n) is 4.14. The smallest absolute Gasteiger partial charge is 0.273 e. The molecule has 1 aliphatic heterocycles. The maximum Gasteiger partial charge on any atom is 0.273 e. The molecule has 0 saturated carbocycles. The van der Waals surface area contributed by atoms with E-state index in [-0.39, 0.29) is 40.4 Å². The zero-order chi connectivity index (χ0) is 27.4. The molecule has 202 valence electrons. The minimum atomic E-state index is -1.27. The summed E-state index contributed by atoms with van der Waals surface area (Å²) in [7, 11) is 2.93. The van der Waals surface area contributed by atoms with Crippen LogP contribution in [0.1, 0.15) is 50.6 Å². The first-order chi connectivity index (χ1) is 18.2. The second-order valence-electron chi connectivity index (χ2n) is 8.62. The van der Waals surface area contributed by atoms with Crippen LogP contribution in [0.25, 0.3) is 0 Å². The first kappa shape index (κ1) is 26.9. The van der Waals surface area contributed by atoms with Gasteiger partial charge in [0.1, 0.15) is 27.9 Å². The van der Waals surface area contributed by atoms with Gasteiger partial charge in [0, 0.05) is 31.4 Å². The average Bonchev–Trinajstić information content (AvgIpc) is 3.66. The molecule has 1 saturated heterocycles. The first-order valence-corrected chi connectivity index (χ1v) is 12.6. The van der Waals surface area contributed by atoms with E-state index < -0.39 is 23.8 Å². The van der Waals surface area contributed by atoms with Crippen LogP contribution < -0.4 is 31.2 Å². The third-order valence-corrected chi connectivity index (χ3v) is 6.90. The number of methoxy groups -OCH3 is 2. The van der Waals surface area contributed by atoms with E-state index in [2.05, 4.69) is 9.69 Å². The molecule has 2 aromatic heterocycles. The minimum absolute atomic E-state index is 0.0687. The van der Waals surface area contributed by atoms with Crippen molar-refractivity contribution in [3.05, 3.63) is 52.4 Å². The number of hydrogen-bond donors (Lipinski definition) is 3. The van der Waals surface area contributed by atoms with Gasteiger partial charge in [0.25, 0.3) is 17.7 Å². The Hall–Kier alpha value is -4.10. The normalized spacial score (nSPS) is 15.6. The fourth-order valence-corrected chi connectivity index (χ4v) is 4.89. The van der Waals surface area contributed by atoms with Crippen LogP contribution in [0.15, 0.2) is 34.7 Å². The lowest BCUT2D eigenvalue weighted by Gasteiger charge is -2.30. The molecule has 13 heteroatoms. The Morgan fingerprint density at radius 1 is 1.21 bits per heavy atom. The van der Waals surface area contributed by atoms with E-state index in [9.17, 15) is 14.4 Å². The van der Waals surface area contributed by atoms with E-state index in [1.54, 1.807) is 37.3 Å². The number of aryl methyl sites for hydroxylation is 1. The molecule has 3 aromatic rings. The van der Waals surface area contributed by atoms with Crippen molar-refractivity contribution >= 4 is 40.6 Å². The van der Waals surface area contributed by atoms with E-state index in [0.29, 0.717) is 35.4 Å². The van der Waals surface area contributed by atoms with Crippen molar-refractivity contribution in [2.75, 3.05) is 38.0 Å². The standard InChI is InChI=1S/C25H29N5O7S/c1-13-6-7-18(37-13)21(24(32)28-12-15-5-4-8-36-15)30(14-9-16(34-2)11-17(10-14)35-3)25(33)22-19(26)20(23(27)31)29-38-22/h6-7,9-11,15,21H,4-5,8,12,26H2,1-3H3,(H2,27,31)(H,28,32)/t15-,21+/m0/s1. The predicted octanol–water partition coefficient (Wildman–Crippen LogP) is 2.43. The van der Waals surface area contributed by atoms with Crippen molar-refractivity contribution in [2.45, 2.75) is 31.9 Å². The number of amides is 3. The van der Waals surface area contributed by atoms with E-state index in [1.165, 1.54) is 19.1 Å². The van der Waals surface area contributed by atoms with Crippen LogP contribution in [0, 0.1) is 6.92 Å². The number of nitrogens with two attached hydrogens (primary N) is 2. The summed E-state index contributed by atoms with van der Waals surface area (Å²) in [6.07, 6.45) is 1.59. The number of nitrogens with one attached hydrogen (secondary N) is 1. The van der Waals surface area contributed by atoms with Crippen molar-refractivity contribution in [1.29, 1.82) is 0 Å². The van der Waals surface area contributed by atoms with Gasteiger partial charge in [0.15, 0.2) is 11.7 Å². The SMILES string of the molecule is COc1cc(OC)cc(N(C(=O)c2snc(C(N)=O)c2N)[C@@H](C(=O)NC[C@@H]2CCCO2)c2ccc(C)o2)c1. The van der Waals surface area contributed by atoms with Crippen LogP contribution in [0.5, 0.6) is 11.5 Å². The van der Waals surface area contributed by atoms with Gasteiger partial charge in [0.2, 0.25) is 0 Å². The van der Waals surface area contributed by atoms with Crippen molar-refractivity contribution in [3.63, 3.8) is 0 Å². The number of hydrogen-bond acceptors (Lipinski definition) is 10. The molecular weight excluding hydrogens is 514 g/mol. The number of nitrogens with zero attached hydrogens (tertiary/aromatic N) is 2. The number of carbonyl (C=O) groups is 3. The van der Waals surface area contributed by atoms with Gasteiger partial charge in [-0.05, 0) is 43.4 Å². The molecule has 0 aliphatic carbocycles. The molecule has 2 atom stereocenters. The summed E-state index contributed by atoms with van der Waals surface area (Å²) in [5.41, 5.74) is 11.3. The maximum absolute atomic E-state index is 14.1. The van der Waals surface area contributed by atoms with E-state index >= 15 is 0 Å². The third-order valence-electron chi connectivity index (χ3n) is 6.05. The summed E-state index contributed by atoms with van der Waals surface area (Å²) in [5, 5.41) is 2.89. The number of furan rings is 1. The highest BCUT2D eigenvalue weighted by atomic mass is 32.1. The molecule has 4 rings (SSSR count). The Labute approximate surface area is 223 Å².